The van der Waals surface area contributed by atoms with E-state index in [-0.39, 0.29) is 0 Å². The Morgan fingerprint density at radius 2 is 1.44 bits per heavy atom. The molecule has 6 rings (SSSR count). The van der Waals surface area contributed by atoms with Crippen LogP contribution in [-0.2, 0) is 6.04 Å². The van der Waals surface area contributed by atoms with E-state index in [4.69, 9.17) is 4.98 Å². The van der Waals surface area contributed by atoms with Crippen LogP contribution in [0.3, 0.4) is 0 Å². The van der Waals surface area contributed by atoms with Gasteiger partial charge in [0, 0.05) is 10.9 Å². The molecule has 0 unspecified atom stereocenters. The molecule has 3 heteroatoms. The minimum Gasteiger partial charge on any atom is -0.248 e. The molecular weight excluding hydrogens is 527 g/mol. The molecule has 1 fully saturated rings. The van der Waals surface area contributed by atoms with Gasteiger partial charge in [-0.25, -0.2) is 4.98 Å². The SMILES string of the molecule is Cc1cc(C)c2c(C3CCCC3)cc(-c3cc(C[Si](C)(C)c4ccc([Si](C)(C)C)cc4)c4ccccc4c3)nc2c1. The second-order valence-corrected chi connectivity index (χ2v) is 24.1. The van der Waals surface area contributed by atoms with Gasteiger partial charge < -0.3 is 0 Å². The van der Waals surface area contributed by atoms with Crippen LogP contribution < -0.4 is 10.4 Å². The summed E-state index contributed by atoms with van der Waals surface area (Å²) in [5.74, 6) is 0.644. The maximum Gasteiger partial charge on any atom is 0.0849 e. The van der Waals surface area contributed by atoms with E-state index in [1.807, 2.05) is 0 Å². The Morgan fingerprint density at radius 3 is 2.15 bits per heavy atom. The smallest absolute Gasteiger partial charge is 0.0849 e. The van der Waals surface area contributed by atoms with Crippen LogP contribution in [0.2, 0.25) is 32.7 Å². The van der Waals surface area contributed by atoms with Crippen molar-refractivity contribution in [1.29, 1.82) is 0 Å². The van der Waals surface area contributed by atoms with Crippen molar-refractivity contribution < 1.29 is 0 Å². The number of fused-ring (bicyclic) bond motifs is 2. The Morgan fingerprint density at radius 1 is 0.756 bits per heavy atom. The van der Waals surface area contributed by atoms with Gasteiger partial charge in [0.2, 0.25) is 0 Å². The first-order valence-corrected chi connectivity index (χ1v) is 22.3. The van der Waals surface area contributed by atoms with E-state index in [2.05, 4.69) is 125 Å². The van der Waals surface area contributed by atoms with E-state index in [0.29, 0.717) is 5.92 Å². The van der Waals surface area contributed by atoms with Gasteiger partial charge in [0.05, 0.1) is 27.4 Å². The number of rotatable bonds is 6. The molecule has 1 aliphatic rings. The van der Waals surface area contributed by atoms with Crippen molar-refractivity contribution in [2.75, 3.05) is 0 Å². The molecule has 0 aliphatic heterocycles. The molecule has 0 radical (unpaired) electrons. The fourth-order valence-corrected chi connectivity index (χ4v) is 10.9. The lowest BCUT2D eigenvalue weighted by Gasteiger charge is -2.26. The Bertz CT molecular complexity index is 1740. The van der Waals surface area contributed by atoms with Gasteiger partial charge in [0.25, 0.3) is 0 Å². The lowest BCUT2D eigenvalue weighted by Crippen LogP contribution is -2.46. The predicted octanol–water partition coefficient (Wildman–Crippen LogP) is 9.57. The molecule has 41 heavy (non-hydrogen) atoms. The van der Waals surface area contributed by atoms with E-state index >= 15 is 0 Å². The van der Waals surface area contributed by atoms with Crippen LogP contribution in [0, 0.1) is 13.8 Å². The largest absolute Gasteiger partial charge is 0.248 e. The lowest BCUT2D eigenvalue weighted by molar-refractivity contribution is 0.728. The van der Waals surface area contributed by atoms with E-state index in [0.717, 1.165) is 17.3 Å². The van der Waals surface area contributed by atoms with Gasteiger partial charge in [0.15, 0.2) is 0 Å². The highest BCUT2D eigenvalue weighted by Gasteiger charge is 2.27. The number of pyridine rings is 1. The van der Waals surface area contributed by atoms with Crippen LogP contribution in [0.5, 0.6) is 0 Å². The molecule has 1 aromatic heterocycles. The summed E-state index contributed by atoms with van der Waals surface area (Å²) in [6.45, 7) is 16.8. The van der Waals surface area contributed by atoms with Crippen LogP contribution in [0.15, 0.2) is 78.9 Å². The maximum atomic E-state index is 5.35. The van der Waals surface area contributed by atoms with Crippen LogP contribution in [-0.4, -0.2) is 21.1 Å². The molecule has 1 heterocycles. The number of benzene rings is 4. The Labute approximate surface area is 249 Å². The molecule has 1 nitrogen and oxygen atoms in total. The van der Waals surface area contributed by atoms with Crippen molar-refractivity contribution in [2.45, 2.75) is 84.2 Å². The second kappa shape index (κ2) is 10.7. The normalized spacial score (nSPS) is 14.8. The third kappa shape index (κ3) is 5.59. The van der Waals surface area contributed by atoms with E-state index in [1.54, 1.807) is 10.4 Å². The van der Waals surface area contributed by atoms with Crippen molar-refractivity contribution in [2.24, 2.45) is 0 Å². The summed E-state index contributed by atoms with van der Waals surface area (Å²) in [4.78, 5) is 5.35. The molecule has 1 saturated carbocycles. The molecule has 0 N–H and O–H groups in total. The molecule has 0 amide bonds. The predicted molar refractivity (Wildman–Crippen MR) is 186 cm³/mol. The first-order chi connectivity index (χ1) is 19.5. The van der Waals surface area contributed by atoms with Gasteiger partial charge in [-0.3, -0.25) is 0 Å². The molecule has 0 atom stereocenters. The zero-order chi connectivity index (χ0) is 28.9. The molecule has 0 spiro atoms. The number of hydrogen-bond acceptors (Lipinski definition) is 1. The van der Waals surface area contributed by atoms with E-state index in [1.165, 1.54) is 69.7 Å². The standard InChI is InChI=1S/C38H45NSi2/c1-26-20-27(2)38-35(28-12-8-9-13-28)24-36(39-37(38)21-26)30-22-29-14-10-11-15-34(29)31(23-30)25-41(6,7)33-18-16-32(17-19-33)40(3,4)5/h10-11,14-24,28H,8-9,12-13,25H2,1-7H3. The fourth-order valence-electron chi connectivity index (χ4n) is 7.18. The van der Waals surface area contributed by atoms with E-state index in [9.17, 15) is 0 Å². The summed E-state index contributed by atoms with van der Waals surface area (Å²) in [5, 5.41) is 7.20. The topological polar surface area (TPSA) is 12.9 Å². The van der Waals surface area contributed by atoms with Crippen molar-refractivity contribution in [3.05, 3.63) is 101 Å². The molecule has 4 aromatic carbocycles. The minimum absolute atomic E-state index is 0.644. The Kier molecular flexibility index (Phi) is 7.32. The lowest BCUT2D eigenvalue weighted by atomic mass is 9.89. The van der Waals surface area contributed by atoms with Gasteiger partial charge in [-0.15, -0.1) is 0 Å². The molecule has 5 aromatic rings. The zero-order valence-corrected chi connectivity index (χ0v) is 28.1. The average molecular weight is 572 g/mol. The maximum absolute atomic E-state index is 5.35. The number of hydrogen-bond donors (Lipinski definition) is 0. The summed E-state index contributed by atoms with van der Waals surface area (Å²) >= 11 is 0. The third-order valence-corrected chi connectivity index (χ3v) is 14.7. The van der Waals surface area contributed by atoms with Crippen LogP contribution in [0.1, 0.15) is 53.9 Å². The molecule has 0 bridgehead atoms. The summed E-state index contributed by atoms with van der Waals surface area (Å²) < 4.78 is 0. The average Bonchev–Trinajstić information content (AvgIpc) is 3.47. The summed E-state index contributed by atoms with van der Waals surface area (Å²) in [7, 11) is -3.04. The number of nitrogens with zero attached hydrogens (tertiary/aromatic N) is 1. The highest BCUT2D eigenvalue weighted by Crippen LogP contribution is 2.41. The van der Waals surface area contributed by atoms with Gasteiger partial charge in [-0.05, 0) is 95.9 Å². The highest BCUT2D eigenvalue weighted by molar-refractivity contribution is 6.90. The number of aryl methyl sites for hydroxylation is 2. The Balaban J connectivity index is 1.47. The molecule has 0 saturated heterocycles. The number of aromatic nitrogens is 1. The first kappa shape index (κ1) is 28.1. The monoisotopic (exact) mass is 571 g/mol. The third-order valence-electron chi connectivity index (χ3n) is 9.48. The van der Waals surface area contributed by atoms with Crippen molar-refractivity contribution in [3.8, 4) is 11.3 Å². The quantitative estimate of drug-likeness (QED) is 0.185. The van der Waals surface area contributed by atoms with Crippen molar-refractivity contribution in [3.63, 3.8) is 0 Å². The van der Waals surface area contributed by atoms with Crippen LogP contribution in [0.4, 0.5) is 0 Å². The van der Waals surface area contributed by atoms with Crippen LogP contribution >= 0.6 is 0 Å². The minimum atomic E-state index is -1.74. The first-order valence-electron chi connectivity index (χ1n) is 15.5. The van der Waals surface area contributed by atoms with Crippen molar-refractivity contribution in [1.82, 2.24) is 4.98 Å². The molecule has 210 valence electrons. The summed E-state index contributed by atoms with van der Waals surface area (Å²) in [5.41, 5.74) is 9.21. The fraction of sp³-hybridized carbons (Fsp3) is 0.342. The van der Waals surface area contributed by atoms with E-state index < -0.39 is 16.1 Å². The summed E-state index contributed by atoms with van der Waals surface area (Å²) in [6.07, 6.45) is 5.28. The van der Waals surface area contributed by atoms with Gasteiger partial charge >= 0.3 is 0 Å². The Hall–Kier alpha value is -3.02. The summed E-state index contributed by atoms with van der Waals surface area (Å²) in [6, 6.07) is 31.7. The van der Waals surface area contributed by atoms with Crippen molar-refractivity contribution >= 4 is 48.2 Å². The molecular formula is C38H45NSi2. The second-order valence-electron chi connectivity index (χ2n) is 14.3. The molecule has 1 aliphatic carbocycles. The highest BCUT2D eigenvalue weighted by atomic mass is 28.3. The van der Waals surface area contributed by atoms with Gasteiger partial charge in [0.1, 0.15) is 0 Å². The van der Waals surface area contributed by atoms with Gasteiger partial charge in [-0.2, -0.15) is 0 Å². The van der Waals surface area contributed by atoms with Gasteiger partial charge in [-0.1, -0.05) is 111 Å². The van der Waals surface area contributed by atoms with Crippen LogP contribution in [0.25, 0.3) is 32.9 Å². The zero-order valence-electron chi connectivity index (χ0n) is 26.1.